The van der Waals surface area contributed by atoms with Crippen molar-refractivity contribution in [3.8, 4) is 5.69 Å². The molecule has 0 unspecified atom stereocenters. The minimum absolute atomic E-state index is 0. The van der Waals surface area contributed by atoms with Gasteiger partial charge in [-0.05, 0) is 18.2 Å². The van der Waals surface area contributed by atoms with Gasteiger partial charge in [0.05, 0.1) is 23.1 Å². The molecule has 1 aromatic carbocycles. The third-order valence-electron chi connectivity index (χ3n) is 2.61. The van der Waals surface area contributed by atoms with Crippen molar-refractivity contribution in [2.75, 3.05) is 12.4 Å². The van der Waals surface area contributed by atoms with Crippen molar-refractivity contribution in [1.29, 1.82) is 0 Å². The molecule has 0 atom stereocenters. The van der Waals surface area contributed by atoms with Crippen LogP contribution in [0, 0.1) is 0 Å². The van der Waals surface area contributed by atoms with Gasteiger partial charge >= 0.3 is 35.7 Å². The molecule has 9 heteroatoms. The topological polar surface area (TPSA) is 46.9 Å². The van der Waals surface area contributed by atoms with Crippen LogP contribution in [0.15, 0.2) is 35.3 Å². The molecule has 2 rings (SSSR count). The molecule has 0 aliphatic rings. The van der Waals surface area contributed by atoms with E-state index in [1.165, 1.54) is 18.3 Å². The van der Waals surface area contributed by atoms with Crippen LogP contribution in [0.3, 0.4) is 0 Å². The van der Waals surface area contributed by atoms with E-state index in [9.17, 15) is 18.0 Å². The molecule has 0 aliphatic carbocycles. The van der Waals surface area contributed by atoms with E-state index in [1.807, 2.05) is 0 Å². The van der Waals surface area contributed by atoms with Gasteiger partial charge in [-0.25, -0.2) is 0 Å². The van der Waals surface area contributed by atoms with Gasteiger partial charge in [-0.2, -0.15) is 23.0 Å². The zero-order valence-corrected chi connectivity index (χ0v) is 14.0. The Morgan fingerprint density at radius 1 is 1.38 bits per heavy atom. The fraction of sp³-hybridized carbons (Fsp3) is 0.167. The Labute approximate surface area is 146 Å². The molecule has 108 valence electrons. The third-order valence-corrected chi connectivity index (χ3v) is 2.97. The van der Waals surface area contributed by atoms with Crippen LogP contribution >= 0.6 is 11.6 Å². The van der Waals surface area contributed by atoms with Gasteiger partial charge in [0.15, 0.2) is 0 Å². The smallest absolute Gasteiger partial charge is 1.00 e. The average Bonchev–Trinajstić information content (AvgIpc) is 2.41. The molecular weight excluding hydrogens is 318 g/mol. The van der Waals surface area contributed by atoms with Gasteiger partial charge in [0.25, 0.3) is 5.56 Å². The average molecular weight is 328 g/mol. The summed E-state index contributed by atoms with van der Waals surface area (Å²) in [5.41, 5.74) is -1.26. The van der Waals surface area contributed by atoms with Crippen LogP contribution in [0.5, 0.6) is 0 Å². The van der Waals surface area contributed by atoms with Crippen LogP contribution in [-0.2, 0) is 6.18 Å². The van der Waals surface area contributed by atoms with Crippen molar-refractivity contribution in [1.82, 2.24) is 9.78 Å². The molecule has 0 aliphatic heterocycles. The number of benzene rings is 1. The Morgan fingerprint density at radius 2 is 2.05 bits per heavy atom. The van der Waals surface area contributed by atoms with E-state index >= 15 is 0 Å². The van der Waals surface area contributed by atoms with Gasteiger partial charge in [0, 0.05) is 7.05 Å². The summed E-state index contributed by atoms with van der Waals surface area (Å²) in [6.07, 6.45) is -3.22. The van der Waals surface area contributed by atoms with Crippen molar-refractivity contribution < 1.29 is 44.2 Å². The van der Waals surface area contributed by atoms with E-state index in [0.29, 0.717) is 5.69 Å². The Bertz CT molecular complexity index is 709. The largest absolute Gasteiger partial charge is 1.00 e. The molecular formula is C12H10ClF3N3NaO. The monoisotopic (exact) mass is 327 g/mol. The SMILES string of the molecule is CNc1cnn(-c2cccc(C(F)(F)F)c2)c(=O)c1Cl.[H-].[Na+]. The number of hydrogen-bond donors (Lipinski definition) is 1. The number of alkyl halides is 3. The standard InChI is InChI=1S/C12H9ClF3N3O.Na.H/c1-17-9-6-18-19(11(20)10(9)13)8-4-2-3-7(5-8)12(14,15)16;;/h2-6,17H,1H3;;/q;+1;-1. The van der Waals surface area contributed by atoms with Crippen LogP contribution in [0.1, 0.15) is 6.99 Å². The molecule has 0 saturated heterocycles. The Hall–Kier alpha value is -1.02. The first-order valence-electron chi connectivity index (χ1n) is 5.48. The summed E-state index contributed by atoms with van der Waals surface area (Å²) in [5, 5.41) is 6.32. The molecule has 0 radical (unpaired) electrons. The summed E-state index contributed by atoms with van der Waals surface area (Å²) in [6.45, 7) is 0. The van der Waals surface area contributed by atoms with Crippen molar-refractivity contribution >= 4 is 17.3 Å². The van der Waals surface area contributed by atoms with E-state index in [2.05, 4.69) is 10.4 Å². The van der Waals surface area contributed by atoms with Crippen LogP contribution < -0.4 is 40.4 Å². The maximum Gasteiger partial charge on any atom is 1.00 e. The minimum Gasteiger partial charge on any atom is -1.00 e. The van der Waals surface area contributed by atoms with Gasteiger partial charge in [-0.3, -0.25) is 4.79 Å². The fourth-order valence-electron chi connectivity index (χ4n) is 1.60. The van der Waals surface area contributed by atoms with Crippen LogP contribution in [0.2, 0.25) is 5.02 Å². The van der Waals surface area contributed by atoms with Gasteiger partial charge < -0.3 is 6.74 Å². The van der Waals surface area contributed by atoms with Gasteiger partial charge in [-0.15, -0.1) is 0 Å². The molecule has 1 N–H and O–H groups in total. The molecule has 2 aromatic rings. The number of nitrogens with zero attached hydrogens (tertiary/aromatic N) is 2. The molecule has 0 amide bonds. The number of hydrogen-bond acceptors (Lipinski definition) is 3. The predicted molar refractivity (Wildman–Crippen MR) is 70.5 cm³/mol. The molecule has 0 bridgehead atoms. The third kappa shape index (κ3) is 3.79. The molecule has 0 saturated carbocycles. The summed E-state index contributed by atoms with van der Waals surface area (Å²) in [7, 11) is 1.55. The van der Waals surface area contributed by atoms with E-state index in [1.54, 1.807) is 7.05 Å². The Balaban J connectivity index is 0.00000220. The first-order valence-corrected chi connectivity index (χ1v) is 5.85. The van der Waals surface area contributed by atoms with Crippen LogP contribution in [0.4, 0.5) is 18.9 Å². The van der Waals surface area contributed by atoms with Crippen molar-refractivity contribution in [3.05, 3.63) is 51.4 Å². The normalized spacial score (nSPS) is 10.9. The molecule has 1 aromatic heterocycles. The zero-order chi connectivity index (χ0) is 14.9. The second-order valence-electron chi connectivity index (χ2n) is 3.89. The summed E-state index contributed by atoms with van der Waals surface area (Å²) in [6, 6.07) is 4.30. The Morgan fingerprint density at radius 3 is 2.62 bits per heavy atom. The number of aromatic nitrogens is 2. The van der Waals surface area contributed by atoms with Crippen LogP contribution in [-0.4, -0.2) is 16.8 Å². The van der Waals surface area contributed by atoms with Gasteiger partial charge in [0.1, 0.15) is 5.02 Å². The van der Waals surface area contributed by atoms with Crippen molar-refractivity contribution in [2.45, 2.75) is 6.18 Å². The predicted octanol–water partition coefficient (Wildman–Crippen LogP) is 0.0629. The maximum absolute atomic E-state index is 12.6. The first kappa shape index (κ1) is 18.0. The van der Waals surface area contributed by atoms with E-state index < -0.39 is 17.3 Å². The molecule has 1 heterocycles. The number of anilines is 1. The summed E-state index contributed by atoms with van der Waals surface area (Å²) in [5.74, 6) is 0. The molecule has 4 nitrogen and oxygen atoms in total. The van der Waals surface area contributed by atoms with E-state index in [-0.39, 0.29) is 41.7 Å². The molecule has 0 spiro atoms. The first-order chi connectivity index (χ1) is 9.34. The van der Waals surface area contributed by atoms with Crippen molar-refractivity contribution in [3.63, 3.8) is 0 Å². The summed E-state index contributed by atoms with van der Waals surface area (Å²) < 4.78 is 38.7. The van der Waals surface area contributed by atoms with Gasteiger partial charge in [0.2, 0.25) is 0 Å². The van der Waals surface area contributed by atoms with E-state index in [0.717, 1.165) is 16.8 Å². The van der Waals surface area contributed by atoms with Gasteiger partial charge in [-0.1, -0.05) is 17.7 Å². The van der Waals surface area contributed by atoms with Crippen molar-refractivity contribution in [2.24, 2.45) is 0 Å². The number of nitrogens with one attached hydrogen (secondary N) is 1. The van der Waals surface area contributed by atoms with Crippen LogP contribution in [0.25, 0.3) is 5.69 Å². The minimum atomic E-state index is -4.49. The zero-order valence-electron chi connectivity index (χ0n) is 12.2. The molecule has 0 fully saturated rings. The quantitative estimate of drug-likeness (QED) is 0.794. The second kappa shape index (κ2) is 6.83. The number of rotatable bonds is 2. The second-order valence-corrected chi connectivity index (χ2v) is 4.27. The number of halogens is 4. The maximum atomic E-state index is 12.6. The van der Waals surface area contributed by atoms with E-state index in [4.69, 9.17) is 11.6 Å². The summed E-state index contributed by atoms with van der Waals surface area (Å²) in [4.78, 5) is 12.0. The summed E-state index contributed by atoms with van der Waals surface area (Å²) >= 11 is 5.82. The Kier molecular flexibility index (Phi) is 5.86. The molecule has 21 heavy (non-hydrogen) atoms. The fourth-order valence-corrected chi connectivity index (χ4v) is 1.83.